The second kappa shape index (κ2) is 4.15. The Kier molecular flexibility index (Phi) is 2.83. The van der Waals surface area contributed by atoms with Gasteiger partial charge in [-0.05, 0) is 17.2 Å². The normalized spacial score (nSPS) is 17.2. The minimum absolute atomic E-state index is 0.230. The molecule has 0 saturated heterocycles. The van der Waals surface area contributed by atoms with Gasteiger partial charge in [0.25, 0.3) is 5.91 Å². The number of hydrogen-bond donors (Lipinski definition) is 4. The molecule has 90 valence electrons. The number of carbonyl (C=O) groups excluding carboxylic acids is 1. The van der Waals surface area contributed by atoms with Gasteiger partial charge in [-0.3, -0.25) is 4.79 Å². The number of rotatable bonds is 3. The Morgan fingerprint density at radius 3 is 2.71 bits per heavy atom. The summed E-state index contributed by atoms with van der Waals surface area (Å²) in [7, 11) is 0. The van der Waals surface area contributed by atoms with E-state index in [1.54, 1.807) is 6.07 Å². The van der Waals surface area contributed by atoms with Gasteiger partial charge >= 0.3 is 5.97 Å². The summed E-state index contributed by atoms with van der Waals surface area (Å²) in [5.74, 6) is -1.77. The number of aliphatic hydroxyl groups is 2. The van der Waals surface area contributed by atoms with Gasteiger partial charge < -0.3 is 20.6 Å². The molecule has 0 aliphatic carbocycles. The Morgan fingerprint density at radius 1 is 1.35 bits per heavy atom. The minimum atomic E-state index is -1.91. The van der Waals surface area contributed by atoms with Gasteiger partial charge in [0.15, 0.2) is 6.10 Å². The molecule has 0 aromatic heterocycles. The van der Waals surface area contributed by atoms with Gasteiger partial charge in [0.1, 0.15) is 6.10 Å². The van der Waals surface area contributed by atoms with Crippen LogP contribution in [0.4, 0.5) is 0 Å². The molecule has 1 aromatic rings. The van der Waals surface area contributed by atoms with E-state index in [-0.39, 0.29) is 18.0 Å². The molecule has 0 radical (unpaired) electrons. The zero-order valence-corrected chi connectivity index (χ0v) is 8.75. The first-order chi connectivity index (χ1) is 8.02. The SMILES string of the molecule is O=C1NCc2c1cccc2C(O)C(O)C(=O)O. The van der Waals surface area contributed by atoms with E-state index in [1.807, 2.05) is 0 Å². The van der Waals surface area contributed by atoms with E-state index in [9.17, 15) is 19.8 Å². The zero-order chi connectivity index (χ0) is 12.6. The molecule has 17 heavy (non-hydrogen) atoms. The van der Waals surface area contributed by atoms with Crippen LogP contribution in [0, 0.1) is 0 Å². The summed E-state index contributed by atoms with van der Waals surface area (Å²) in [6, 6.07) is 4.62. The number of carboxylic acids is 1. The topological polar surface area (TPSA) is 107 Å². The molecule has 1 aliphatic rings. The molecule has 4 N–H and O–H groups in total. The van der Waals surface area contributed by atoms with Gasteiger partial charge in [0, 0.05) is 12.1 Å². The highest BCUT2D eigenvalue weighted by Crippen LogP contribution is 2.27. The molecule has 2 rings (SSSR count). The average molecular weight is 237 g/mol. The lowest BCUT2D eigenvalue weighted by atomic mass is 9.96. The van der Waals surface area contributed by atoms with Crippen molar-refractivity contribution in [2.45, 2.75) is 18.8 Å². The number of nitrogens with one attached hydrogen (secondary N) is 1. The van der Waals surface area contributed by atoms with Crippen LogP contribution >= 0.6 is 0 Å². The predicted molar refractivity (Wildman–Crippen MR) is 56.2 cm³/mol. The zero-order valence-electron chi connectivity index (χ0n) is 8.75. The highest BCUT2D eigenvalue weighted by atomic mass is 16.4. The van der Waals surface area contributed by atoms with E-state index in [0.717, 1.165) is 0 Å². The number of aliphatic hydroxyl groups excluding tert-OH is 2. The second-order valence-electron chi connectivity index (χ2n) is 3.78. The first-order valence-electron chi connectivity index (χ1n) is 5.01. The van der Waals surface area contributed by atoms with Gasteiger partial charge in [0.05, 0.1) is 0 Å². The van der Waals surface area contributed by atoms with Gasteiger partial charge in [-0.1, -0.05) is 12.1 Å². The van der Waals surface area contributed by atoms with Crippen LogP contribution < -0.4 is 5.32 Å². The van der Waals surface area contributed by atoms with Crippen molar-refractivity contribution in [3.63, 3.8) is 0 Å². The third kappa shape index (κ3) is 1.88. The average Bonchev–Trinajstić information content (AvgIpc) is 2.69. The molecule has 0 spiro atoms. The molecule has 0 fully saturated rings. The second-order valence-corrected chi connectivity index (χ2v) is 3.78. The molecule has 1 amide bonds. The standard InChI is InChI=1S/C11H11NO5/c13-8(9(14)11(16)17)5-2-1-3-6-7(5)4-12-10(6)15/h1-3,8-9,13-14H,4H2,(H,12,15)(H,16,17). The molecule has 1 heterocycles. The lowest BCUT2D eigenvalue weighted by molar-refractivity contribution is -0.153. The number of fused-ring (bicyclic) bond motifs is 1. The maximum atomic E-state index is 11.4. The number of benzene rings is 1. The molecule has 0 bridgehead atoms. The van der Waals surface area contributed by atoms with E-state index in [4.69, 9.17) is 5.11 Å². The summed E-state index contributed by atoms with van der Waals surface area (Å²) in [5, 5.41) is 30.2. The van der Waals surface area contributed by atoms with Gasteiger partial charge in [-0.25, -0.2) is 4.79 Å². The Bertz CT molecular complexity index is 485. The third-order valence-electron chi connectivity index (χ3n) is 2.75. The molecular weight excluding hydrogens is 226 g/mol. The lowest BCUT2D eigenvalue weighted by Gasteiger charge is -2.16. The quantitative estimate of drug-likeness (QED) is 0.562. The van der Waals surface area contributed by atoms with E-state index in [2.05, 4.69) is 5.32 Å². The molecule has 6 nitrogen and oxygen atoms in total. The lowest BCUT2D eigenvalue weighted by Crippen LogP contribution is -2.28. The summed E-state index contributed by atoms with van der Waals surface area (Å²) in [6.45, 7) is 0.230. The molecule has 2 atom stereocenters. The predicted octanol–water partition coefficient (Wildman–Crippen LogP) is -0.591. The maximum Gasteiger partial charge on any atom is 0.335 e. The highest BCUT2D eigenvalue weighted by Gasteiger charge is 2.30. The van der Waals surface area contributed by atoms with Crippen LogP contribution in [-0.2, 0) is 11.3 Å². The first kappa shape index (κ1) is 11.6. The van der Waals surface area contributed by atoms with Crippen molar-refractivity contribution in [1.29, 1.82) is 0 Å². The fraction of sp³-hybridized carbons (Fsp3) is 0.273. The molecule has 1 aliphatic heterocycles. The Hall–Kier alpha value is -1.92. The summed E-state index contributed by atoms with van der Waals surface area (Å²) in [5.41, 5.74) is 1.19. The van der Waals surface area contributed by atoms with Crippen LogP contribution in [0.15, 0.2) is 18.2 Å². The Labute approximate surface area is 96.5 Å². The van der Waals surface area contributed by atoms with Crippen LogP contribution in [-0.4, -0.2) is 33.3 Å². The third-order valence-corrected chi connectivity index (χ3v) is 2.75. The molecular formula is C11H11NO5. The van der Waals surface area contributed by atoms with Crippen LogP contribution in [0.2, 0.25) is 0 Å². The van der Waals surface area contributed by atoms with E-state index >= 15 is 0 Å². The smallest absolute Gasteiger partial charge is 0.335 e. The van der Waals surface area contributed by atoms with Crippen molar-refractivity contribution in [1.82, 2.24) is 5.32 Å². The number of amides is 1. The minimum Gasteiger partial charge on any atom is -0.479 e. The Balaban J connectivity index is 2.41. The maximum absolute atomic E-state index is 11.4. The number of carboxylic acid groups (broad SMARTS) is 1. The van der Waals surface area contributed by atoms with E-state index in [1.165, 1.54) is 12.1 Å². The van der Waals surface area contributed by atoms with Gasteiger partial charge in [-0.2, -0.15) is 0 Å². The fourth-order valence-electron chi connectivity index (χ4n) is 1.86. The van der Waals surface area contributed by atoms with Crippen LogP contribution in [0.3, 0.4) is 0 Å². The summed E-state index contributed by atoms with van der Waals surface area (Å²) in [4.78, 5) is 22.0. The summed E-state index contributed by atoms with van der Waals surface area (Å²) in [6.07, 6.45) is -3.45. The van der Waals surface area contributed by atoms with Crippen LogP contribution in [0.1, 0.15) is 27.6 Å². The van der Waals surface area contributed by atoms with Crippen molar-refractivity contribution in [2.75, 3.05) is 0 Å². The van der Waals surface area contributed by atoms with Gasteiger partial charge in [0.2, 0.25) is 0 Å². The first-order valence-corrected chi connectivity index (χ1v) is 5.01. The summed E-state index contributed by atoms with van der Waals surface area (Å²) < 4.78 is 0. The van der Waals surface area contributed by atoms with Crippen molar-refractivity contribution in [3.8, 4) is 0 Å². The molecule has 2 unspecified atom stereocenters. The van der Waals surface area contributed by atoms with Crippen molar-refractivity contribution < 1.29 is 24.9 Å². The number of hydrogen-bond acceptors (Lipinski definition) is 4. The molecule has 0 saturated carbocycles. The highest BCUT2D eigenvalue weighted by molar-refractivity contribution is 5.98. The number of aliphatic carboxylic acids is 1. The van der Waals surface area contributed by atoms with E-state index < -0.39 is 18.2 Å². The van der Waals surface area contributed by atoms with Crippen molar-refractivity contribution in [3.05, 3.63) is 34.9 Å². The summed E-state index contributed by atoms with van der Waals surface area (Å²) >= 11 is 0. The van der Waals surface area contributed by atoms with Crippen LogP contribution in [0.25, 0.3) is 0 Å². The van der Waals surface area contributed by atoms with Crippen LogP contribution in [0.5, 0.6) is 0 Å². The molecule has 1 aromatic carbocycles. The molecule has 6 heteroatoms. The Morgan fingerprint density at radius 2 is 2.06 bits per heavy atom. The van der Waals surface area contributed by atoms with E-state index in [0.29, 0.717) is 11.1 Å². The largest absolute Gasteiger partial charge is 0.479 e. The van der Waals surface area contributed by atoms with Crippen molar-refractivity contribution in [2.24, 2.45) is 0 Å². The number of carbonyl (C=O) groups is 2. The monoisotopic (exact) mass is 237 g/mol. The van der Waals surface area contributed by atoms with Gasteiger partial charge in [-0.15, -0.1) is 0 Å². The fourth-order valence-corrected chi connectivity index (χ4v) is 1.86. The van der Waals surface area contributed by atoms with Crippen molar-refractivity contribution >= 4 is 11.9 Å².